The first-order valence-corrected chi connectivity index (χ1v) is 8.91. The third-order valence-electron chi connectivity index (χ3n) is 3.70. The van der Waals surface area contributed by atoms with E-state index in [4.69, 9.17) is 0 Å². The summed E-state index contributed by atoms with van der Waals surface area (Å²) in [5, 5.41) is 11.1. The molecule has 0 aliphatic heterocycles. The Bertz CT molecular complexity index is 1050. The molecule has 1 heterocycles. The second kappa shape index (κ2) is 6.25. The van der Waals surface area contributed by atoms with E-state index in [1.165, 1.54) is 16.8 Å². The summed E-state index contributed by atoms with van der Waals surface area (Å²) < 4.78 is 43.2. The van der Waals surface area contributed by atoms with Gasteiger partial charge in [0.1, 0.15) is 5.82 Å². The highest BCUT2D eigenvalue weighted by Gasteiger charge is 2.19. The van der Waals surface area contributed by atoms with Crippen LogP contribution in [0.4, 0.5) is 10.1 Å². The molecule has 25 heavy (non-hydrogen) atoms. The topological polar surface area (TPSA) is 89.8 Å². The molecule has 1 aromatic heterocycles. The number of halogens is 1. The second-order valence-electron chi connectivity index (χ2n) is 5.68. The highest BCUT2D eigenvalue weighted by atomic mass is 32.2. The Morgan fingerprint density at radius 2 is 1.84 bits per heavy atom. The molecule has 0 saturated carbocycles. The van der Waals surface area contributed by atoms with E-state index in [1.807, 2.05) is 6.07 Å². The Morgan fingerprint density at radius 1 is 1.08 bits per heavy atom. The molecule has 3 aromatic rings. The third-order valence-corrected chi connectivity index (χ3v) is 5.20. The van der Waals surface area contributed by atoms with Crippen LogP contribution in [0.15, 0.2) is 41.3 Å². The molecule has 3 rings (SSSR count). The molecule has 0 amide bonds. The zero-order valence-electron chi connectivity index (χ0n) is 13.9. The Morgan fingerprint density at radius 3 is 2.52 bits per heavy atom. The number of hydrogen-bond acceptors (Lipinski definition) is 5. The Kier molecular flexibility index (Phi) is 4.25. The van der Waals surface area contributed by atoms with Crippen LogP contribution in [-0.4, -0.2) is 28.6 Å². The molecular formula is C16H16FN5O2S. The van der Waals surface area contributed by atoms with Crippen molar-refractivity contribution in [1.29, 1.82) is 0 Å². The molecule has 7 nitrogen and oxygen atoms in total. The molecule has 0 unspecified atom stereocenters. The number of nitrogens with one attached hydrogen (secondary N) is 1. The maximum absolute atomic E-state index is 14.1. The maximum Gasteiger partial charge on any atom is 0.262 e. The van der Waals surface area contributed by atoms with Crippen molar-refractivity contribution in [1.82, 2.24) is 20.2 Å². The molecule has 9 heteroatoms. The van der Waals surface area contributed by atoms with E-state index in [9.17, 15) is 12.8 Å². The van der Waals surface area contributed by atoms with E-state index in [1.54, 1.807) is 32.9 Å². The SMILES string of the molecule is Cc1ccc(C)c(S(=O)(=O)Nc2cc(-n3nnnc3C)ccc2F)c1. The van der Waals surface area contributed by atoms with Gasteiger partial charge in [-0.05, 0) is 66.6 Å². The van der Waals surface area contributed by atoms with E-state index in [-0.39, 0.29) is 10.6 Å². The molecule has 0 bridgehead atoms. The maximum atomic E-state index is 14.1. The summed E-state index contributed by atoms with van der Waals surface area (Å²) in [6, 6.07) is 9.05. The standard InChI is InChI=1S/C16H16FN5O2S/c1-10-4-5-11(2)16(8-10)25(23,24)19-15-9-13(6-7-14(15)17)22-12(3)18-20-21-22/h4-9,19H,1-3H3. The van der Waals surface area contributed by atoms with E-state index in [0.717, 1.165) is 11.6 Å². The third kappa shape index (κ3) is 3.36. The largest absolute Gasteiger partial charge is 0.277 e. The fraction of sp³-hybridized carbons (Fsp3) is 0.188. The zero-order valence-corrected chi connectivity index (χ0v) is 14.7. The molecule has 2 aromatic carbocycles. The van der Waals surface area contributed by atoms with Gasteiger partial charge < -0.3 is 0 Å². The van der Waals surface area contributed by atoms with Crippen LogP contribution in [-0.2, 0) is 10.0 Å². The molecule has 1 N–H and O–H groups in total. The van der Waals surface area contributed by atoms with Gasteiger partial charge in [-0.3, -0.25) is 4.72 Å². The summed E-state index contributed by atoms with van der Waals surface area (Å²) in [4.78, 5) is 0.107. The van der Waals surface area contributed by atoms with Crippen LogP contribution in [0.2, 0.25) is 0 Å². The van der Waals surface area contributed by atoms with Crippen LogP contribution in [0.3, 0.4) is 0 Å². The van der Waals surface area contributed by atoms with Crippen LogP contribution in [0.1, 0.15) is 17.0 Å². The van der Waals surface area contributed by atoms with Crippen molar-refractivity contribution < 1.29 is 12.8 Å². The lowest BCUT2D eigenvalue weighted by atomic mass is 10.2. The number of hydrogen-bond donors (Lipinski definition) is 1. The Balaban J connectivity index is 2.02. The van der Waals surface area contributed by atoms with Crippen molar-refractivity contribution >= 4 is 15.7 Å². The minimum absolute atomic E-state index is 0.107. The second-order valence-corrected chi connectivity index (χ2v) is 7.33. The number of aryl methyl sites for hydroxylation is 3. The van der Waals surface area contributed by atoms with Crippen molar-refractivity contribution in [3.05, 3.63) is 59.2 Å². The van der Waals surface area contributed by atoms with Crippen molar-refractivity contribution in [3.8, 4) is 5.69 Å². The van der Waals surface area contributed by atoms with Gasteiger partial charge in [0, 0.05) is 0 Å². The summed E-state index contributed by atoms with van der Waals surface area (Å²) in [5.41, 5.74) is 1.64. The van der Waals surface area contributed by atoms with Crippen LogP contribution >= 0.6 is 0 Å². The number of tetrazole rings is 1. The lowest BCUT2D eigenvalue weighted by Gasteiger charge is -2.13. The number of sulfonamides is 1. The fourth-order valence-corrected chi connectivity index (χ4v) is 3.78. The summed E-state index contributed by atoms with van der Waals surface area (Å²) >= 11 is 0. The average Bonchev–Trinajstić information content (AvgIpc) is 2.97. The number of nitrogens with zero attached hydrogens (tertiary/aromatic N) is 4. The molecule has 0 spiro atoms. The first-order valence-electron chi connectivity index (χ1n) is 7.43. The smallest absolute Gasteiger partial charge is 0.262 e. The Hall–Kier alpha value is -2.81. The number of benzene rings is 2. The Labute approximate surface area is 144 Å². The summed E-state index contributed by atoms with van der Waals surface area (Å²) in [5.74, 6) is -0.196. The molecule has 130 valence electrons. The van der Waals surface area contributed by atoms with Gasteiger partial charge in [-0.25, -0.2) is 12.8 Å². The summed E-state index contributed by atoms with van der Waals surface area (Å²) in [6.45, 7) is 5.16. The highest BCUT2D eigenvalue weighted by molar-refractivity contribution is 7.92. The summed E-state index contributed by atoms with van der Waals surface area (Å²) in [7, 11) is -3.94. The number of anilines is 1. The predicted molar refractivity (Wildman–Crippen MR) is 90.6 cm³/mol. The number of aromatic nitrogens is 4. The molecule has 0 aliphatic carbocycles. The van der Waals surface area contributed by atoms with Crippen molar-refractivity contribution in [3.63, 3.8) is 0 Å². The van der Waals surface area contributed by atoms with Gasteiger partial charge in [0.2, 0.25) is 0 Å². The van der Waals surface area contributed by atoms with Gasteiger partial charge in [-0.2, -0.15) is 4.68 Å². The first-order chi connectivity index (χ1) is 11.8. The van der Waals surface area contributed by atoms with Gasteiger partial charge in [0.25, 0.3) is 10.0 Å². The minimum Gasteiger partial charge on any atom is -0.277 e. The van der Waals surface area contributed by atoms with Crippen molar-refractivity contribution in [2.75, 3.05) is 4.72 Å². The molecule has 0 fully saturated rings. The van der Waals surface area contributed by atoms with Crippen LogP contribution in [0.25, 0.3) is 5.69 Å². The summed E-state index contributed by atoms with van der Waals surface area (Å²) in [6.07, 6.45) is 0. The zero-order chi connectivity index (χ0) is 18.2. The molecular weight excluding hydrogens is 345 g/mol. The fourth-order valence-electron chi connectivity index (χ4n) is 2.39. The van der Waals surface area contributed by atoms with Gasteiger partial charge in [0.15, 0.2) is 5.82 Å². The molecule has 0 radical (unpaired) electrons. The van der Waals surface area contributed by atoms with E-state index < -0.39 is 15.8 Å². The van der Waals surface area contributed by atoms with Crippen molar-refractivity contribution in [2.24, 2.45) is 0 Å². The van der Waals surface area contributed by atoms with Gasteiger partial charge in [-0.1, -0.05) is 12.1 Å². The monoisotopic (exact) mass is 361 g/mol. The lowest BCUT2D eigenvalue weighted by Crippen LogP contribution is -2.16. The van der Waals surface area contributed by atoms with Gasteiger partial charge >= 0.3 is 0 Å². The molecule has 0 saturated heterocycles. The van der Waals surface area contributed by atoms with Crippen LogP contribution in [0, 0.1) is 26.6 Å². The quantitative estimate of drug-likeness (QED) is 0.771. The van der Waals surface area contributed by atoms with Gasteiger partial charge in [-0.15, -0.1) is 5.10 Å². The lowest BCUT2D eigenvalue weighted by molar-refractivity contribution is 0.598. The van der Waals surface area contributed by atoms with Crippen molar-refractivity contribution in [2.45, 2.75) is 25.7 Å². The van der Waals surface area contributed by atoms with E-state index in [2.05, 4.69) is 20.2 Å². The van der Waals surface area contributed by atoms with Crippen LogP contribution in [0.5, 0.6) is 0 Å². The average molecular weight is 361 g/mol. The highest BCUT2D eigenvalue weighted by Crippen LogP contribution is 2.24. The van der Waals surface area contributed by atoms with E-state index in [0.29, 0.717) is 17.1 Å². The first kappa shape index (κ1) is 17.0. The van der Waals surface area contributed by atoms with E-state index >= 15 is 0 Å². The minimum atomic E-state index is -3.94. The number of rotatable bonds is 4. The van der Waals surface area contributed by atoms with Crippen LogP contribution < -0.4 is 4.72 Å². The molecule has 0 aliphatic rings. The molecule has 0 atom stereocenters. The normalized spacial score (nSPS) is 11.5. The van der Waals surface area contributed by atoms with Gasteiger partial charge in [0.05, 0.1) is 16.3 Å². The predicted octanol–water partition coefficient (Wildman–Crippen LogP) is 2.53.